The highest BCUT2D eigenvalue weighted by Gasteiger charge is 2.24. The summed E-state index contributed by atoms with van der Waals surface area (Å²) in [6, 6.07) is 13.8. The molecule has 0 aliphatic rings. The lowest BCUT2D eigenvalue weighted by molar-refractivity contribution is -0.141. The molecule has 0 bridgehead atoms. The number of halogens is 2. The fourth-order valence-electron chi connectivity index (χ4n) is 1.83. The van der Waals surface area contributed by atoms with E-state index in [0.717, 1.165) is 5.69 Å². The van der Waals surface area contributed by atoms with E-state index in [2.05, 4.69) is 5.32 Å². The van der Waals surface area contributed by atoms with Gasteiger partial charge in [-0.1, -0.05) is 53.5 Å². The smallest absolute Gasteiger partial charge is 0.333 e. The van der Waals surface area contributed by atoms with Crippen LogP contribution >= 0.6 is 23.2 Å². The molecule has 1 N–H and O–H groups in total. The second kappa shape index (κ2) is 6.64. The number of benzene rings is 2. The number of ether oxygens (including phenoxy) is 1. The van der Waals surface area contributed by atoms with E-state index in [0.29, 0.717) is 15.6 Å². The molecule has 1 unspecified atom stereocenters. The number of carbonyl (C=O) groups excluding carboxylic acids is 1. The van der Waals surface area contributed by atoms with Crippen LogP contribution in [-0.2, 0) is 9.53 Å². The maximum Gasteiger partial charge on any atom is 0.333 e. The van der Waals surface area contributed by atoms with Gasteiger partial charge in [0.1, 0.15) is 0 Å². The maximum atomic E-state index is 12.0. The predicted molar refractivity (Wildman–Crippen MR) is 81.3 cm³/mol. The van der Waals surface area contributed by atoms with E-state index in [-0.39, 0.29) is 0 Å². The summed E-state index contributed by atoms with van der Waals surface area (Å²) in [4.78, 5) is 12.0. The normalized spacial score (nSPS) is 11.8. The van der Waals surface area contributed by atoms with Gasteiger partial charge in [-0.25, -0.2) is 4.79 Å². The van der Waals surface area contributed by atoms with Crippen molar-refractivity contribution in [1.82, 2.24) is 0 Å². The molecule has 2 aromatic carbocycles. The average Bonchev–Trinajstić information content (AvgIpc) is 2.48. The molecule has 0 fully saturated rings. The first-order valence-corrected chi connectivity index (χ1v) is 6.72. The Balaban J connectivity index is 2.38. The summed E-state index contributed by atoms with van der Waals surface area (Å²) in [5.41, 5.74) is 1.37. The van der Waals surface area contributed by atoms with Crippen molar-refractivity contribution < 1.29 is 9.53 Å². The molecule has 5 heteroatoms. The molecule has 0 heterocycles. The largest absolute Gasteiger partial charge is 0.467 e. The van der Waals surface area contributed by atoms with Gasteiger partial charge in [0.2, 0.25) is 0 Å². The molecular weight excluding hydrogens is 297 g/mol. The molecule has 1 atom stereocenters. The zero-order valence-corrected chi connectivity index (χ0v) is 12.3. The summed E-state index contributed by atoms with van der Waals surface area (Å²) in [5, 5.41) is 3.83. The van der Waals surface area contributed by atoms with E-state index in [1.54, 1.807) is 18.2 Å². The molecule has 2 aromatic rings. The highest BCUT2D eigenvalue weighted by atomic mass is 35.5. The number of anilines is 1. The third-order valence-corrected chi connectivity index (χ3v) is 3.65. The Hall–Kier alpha value is -1.71. The predicted octanol–water partition coefficient (Wildman–Crippen LogP) is 4.32. The van der Waals surface area contributed by atoms with Gasteiger partial charge >= 0.3 is 5.97 Å². The van der Waals surface area contributed by atoms with Crippen LogP contribution in [0.1, 0.15) is 11.6 Å². The Morgan fingerprint density at radius 2 is 1.80 bits per heavy atom. The van der Waals surface area contributed by atoms with Gasteiger partial charge in [0.15, 0.2) is 6.04 Å². The van der Waals surface area contributed by atoms with E-state index in [1.165, 1.54) is 7.11 Å². The van der Waals surface area contributed by atoms with Crippen LogP contribution in [0.25, 0.3) is 0 Å². The summed E-state index contributed by atoms with van der Waals surface area (Å²) in [6.07, 6.45) is 0. The first-order valence-electron chi connectivity index (χ1n) is 5.97. The number of para-hydroxylation sites is 1. The van der Waals surface area contributed by atoms with Gasteiger partial charge in [0.05, 0.1) is 17.2 Å². The molecule has 0 aliphatic heterocycles. The number of methoxy groups -OCH3 is 1. The van der Waals surface area contributed by atoms with Crippen molar-refractivity contribution in [3.8, 4) is 0 Å². The second-order valence-electron chi connectivity index (χ2n) is 4.11. The Kier molecular flexibility index (Phi) is 4.88. The summed E-state index contributed by atoms with van der Waals surface area (Å²) in [5.74, 6) is -0.432. The molecule has 0 saturated carbocycles. The molecule has 0 amide bonds. The number of rotatable bonds is 4. The quantitative estimate of drug-likeness (QED) is 0.855. The zero-order chi connectivity index (χ0) is 14.5. The van der Waals surface area contributed by atoms with Crippen molar-refractivity contribution in [3.05, 3.63) is 64.1 Å². The van der Waals surface area contributed by atoms with Crippen molar-refractivity contribution in [2.24, 2.45) is 0 Å². The lowest BCUT2D eigenvalue weighted by Gasteiger charge is -2.19. The maximum absolute atomic E-state index is 12.0. The molecular formula is C15H13Cl2NO2. The monoisotopic (exact) mass is 309 g/mol. The Bertz CT molecular complexity index is 602. The molecule has 0 radical (unpaired) electrons. The average molecular weight is 310 g/mol. The van der Waals surface area contributed by atoms with Crippen molar-refractivity contribution in [2.45, 2.75) is 6.04 Å². The van der Waals surface area contributed by atoms with Gasteiger partial charge in [0, 0.05) is 11.3 Å². The van der Waals surface area contributed by atoms with Gasteiger partial charge < -0.3 is 10.1 Å². The van der Waals surface area contributed by atoms with Gasteiger partial charge in [0.25, 0.3) is 0 Å². The number of hydrogen-bond donors (Lipinski definition) is 1. The lowest BCUT2D eigenvalue weighted by Crippen LogP contribution is -2.22. The van der Waals surface area contributed by atoms with Gasteiger partial charge in [-0.15, -0.1) is 0 Å². The van der Waals surface area contributed by atoms with Crippen molar-refractivity contribution in [3.63, 3.8) is 0 Å². The minimum atomic E-state index is -0.714. The Labute approximate surface area is 127 Å². The molecule has 3 nitrogen and oxygen atoms in total. The molecule has 0 aliphatic carbocycles. The van der Waals surface area contributed by atoms with Crippen LogP contribution in [0.15, 0.2) is 48.5 Å². The number of nitrogens with one attached hydrogen (secondary N) is 1. The molecule has 0 aromatic heterocycles. The van der Waals surface area contributed by atoms with Crippen LogP contribution in [0.3, 0.4) is 0 Å². The van der Waals surface area contributed by atoms with Crippen LogP contribution in [0, 0.1) is 0 Å². The Morgan fingerprint density at radius 1 is 1.10 bits per heavy atom. The van der Waals surface area contributed by atoms with E-state index in [9.17, 15) is 4.79 Å². The number of esters is 1. The van der Waals surface area contributed by atoms with Gasteiger partial charge in [-0.05, 0) is 18.2 Å². The molecule has 20 heavy (non-hydrogen) atoms. The van der Waals surface area contributed by atoms with Gasteiger partial charge in [-0.2, -0.15) is 0 Å². The van der Waals surface area contributed by atoms with Crippen molar-refractivity contribution in [1.29, 1.82) is 0 Å². The third kappa shape index (κ3) is 3.24. The molecule has 0 saturated heterocycles. The molecule has 0 spiro atoms. The minimum Gasteiger partial charge on any atom is -0.467 e. The van der Waals surface area contributed by atoms with Crippen LogP contribution < -0.4 is 5.32 Å². The van der Waals surface area contributed by atoms with Crippen LogP contribution in [0.5, 0.6) is 0 Å². The summed E-state index contributed by atoms with van der Waals surface area (Å²) in [7, 11) is 1.33. The van der Waals surface area contributed by atoms with Gasteiger partial charge in [-0.3, -0.25) is 0 Å². The van der Waals surface area contributed by atoms with Crippen molar-refractivity contribution in [2.75, 3.05) is 12.4 Å². The molecule has 2 rings (SSSR count). The highest BCUT2D eigenvalue weighted by molar-refractivity contribution is 6.42. The molecule has 104 valence electrons. The van der Waals surface area contributed by atoms with Crippen molar-refractivity contribution >= 4 is 34.9 Å². The van der Waals surface area contributed by atoms with E-state index in [1.807, 2.05) is 30.3 Å². The Morgan fingerprint density at radius 3 is 2.45 bits per heavy atom. The number of hydrogen-bond acceptors (Lipinski definition) is 3. The highest BCUT2D eigenvalue weighted by Crippen LogP contribution is 2.32. The van der Waals surface area contributed by atoms with Crippen LogP contribution in [0.4, 0.5) is 5.69 Å². The first kappa shape index (κ1) is 14.7. The summed E-state index contributed by atoms with van der Waals surface area (Å²) < 4.78 is 4.83. The van der Waals surface area contributed by atoms with Crippen LogP contribution in [0.2, 0.25) is 10.0 Å². The lowest BCUT2D eigenvalue weighted by atomic mass is 10.1. The van der Waals surface area contributed by atoms with Crippen LogP contribution in [-0.4, -0.2) is 13.1 Å². The fraction of sp³-hybridized carbons (Fsp3) is 0.133. The fourth-order valence-corrected chi connectivity index (χ4v) is 2.24. The first-order chi connectivity index (χ1) is 9.63. The van der Waals surface area contributed by atoms with E-state index < -0.39 is 12.0 Å². The standard InChI is InChI=1S/C15H13Cl2NO2/c1-20-15(19)14(18-10-6-3-2-4-7-10)11-8-5-9-12(16)13(11)17/h2-9,14,18H,1H3. The van der Waals surface area contributed by atoms with E-state index >= 15 is 0 Å². The SMILES string of the molecule is COC(=O)C(Nc1ccccc1)c1cccc(Cl)c1Cl. The third-order valence-electron chi connectivity index (χ3n) is 2.81. The summed E-state index contributed by atoms with van der Waals surface area (Å²) in [6.45, 7) is 0. The minimum absolute atomic E-state index is 0.341. The zero-order valence-electron chi connectivity index (χ0n) is 10.8. The topological polar surface area (TPSA) is 38.3 Å². The second-order valence-corrected chi connectivity index (χ2v) is 4.89. The summed E-state index contributed by atoms with van der Waals surface area (Å²) >= 11 is 12.2. The number of carbonyl (C=O) groups is 1. The van der Waals surface area contributed by atoms with E-state index in [4.69, 9.17) is 27.9 Å².